The molecule has 0 spiro atoms. The Hall–Kier alpha value is -1.20. The maximum absolute atomic E-state index is 12.0. The molecule has 0 radical (unpaired) electrons. The summed E-state index contributed by atoms with van der Waals surface area (Å²) in [6.07, 6.45) is 2.76. The number of benzene rings is 1. The van der Waals surface area contributed by atoms with Gasteiger partial charge in [-0.25, -0.2) is 13.1 Å². The van der Waals surface area contributed by atoms with Gasteiger partial charge in [-0.1, -0.05) is 30.3 Å². The quantitative estimate of drug-likeness (QED) is 0.892. The van der Waals surface area contributed by atoms with Gasteiger partial charge < -0.3 is 0 Å². The highest BCUT2D eigenvalue weighted by Crippen LogP contribution is 2.15. The first kappa shape index (κ1) is 14.2. The molecule has 2 rings (SSSR count). The topological polar surface area (TPSA) is 63.2 Å². The molecular weight excluding hydrogens is 262 g/mol. The lowest BCUT2D eigenvalue weighted by molar-refractivity contribution is -0.120. The molecule has 0 bridgehead atoms. The summed E-state index contributed by atoms with van der Waals surface area (Å²) in [4.78, 5) is 11.1. The molecule has 0 unspecified atom stereocenters. The van der Waals surface area contributed by atoms with Crippen LogP contribution in [0.1, 0.15) is 31.2 Å². The highest BCUT2D eigenvalue weighted by molar-refractivity contribution is 7.89. The number of hydrogen-bond donors (Lipinski definition) is 1. The van der Waals surface area contributed by atoms with Crippen LogP contribution in [0.3, 0.4) is 0 Å². The Balaban J connectivity index is 1.83. The smallest absolute Gasteiger partial charge is 0.212 e. The largest absolute Gasteiger partial charge is 0.300 e. The van der Waals surface area contributed by atoms with E-state index in [9.17, 15) is 13.2 Å². The molecule has 4 nitrogen and oxygen atoms in total. The molecule has 1 N–H and O–H groups in total. The van der Waals surface area contributed by atoms with Crippen molar-refractivity contribution in [1.29, 1.82) is 0 Å². The van der Waals surface area contributed by atoms with Gasteiger partial charge in [-0.05, 0) is 24.8 Å². The minimum absolute atomic E-state index is 0.0709. The Morgan fingerprint density at radius 3 is 2.37 bits per heavy atom. The Morgan fingerprint density at radius 2 is 1.74 bits per heavy atom. The summed E-state index contributed by atoms with van der Waals surface area (Å²) in [5.74, 6) is 0.335. The van der Waals surface area contributed by atoms with Crippen LogP contribution < -0.4 is 4.72 Å². The van der Waals surface area contributed by atoms with Crippen LogP contribution in [0.5, 0.6) is 0 Å². The lowest BCUT2D eigenvalue weighted by Gasteiger charge is -2.21. The fourth-order valence-electron chi connectivity index (χ4n) is 2.27. The van der Waals surface area contributed by atoms with Crippen LogP contribution >= 0.6 is 0 Å². The summed E-state index contributed by atoms with van der Waals surface area (Å²) in [5.41, 5.74) is 1.02. The van der Waals surface area contributed by atoms with Crippen LogP contribution in [0.4, 0.5) is 0 Å². The van der Waals surface area contributed by atoms with E-state index in [-0.39, 0.29) is 17.6 Å². The van der Waals surface area contributed by atoms with Gasteiger partial charge in [-0.2, -0.15) is 0 Å². The zero-order chi connectivity index (χ0) is 13.7. The van der Waals surface area contributed by atoms with Crippen molar-refractivity contribution < 1.29 is 13.2 Å². The summed E-state index contributed by atoms with van der Waals surface area (Å²) in [6, 6.07) is 9.50. The molecule has 0 amide bonds. The molecule has 104 valence electrons. The normalized spacial score (nSPS) is 17.6. The van der Waals surface area contributed by atoms with E-state index in [0.29, 0.717) is 32.1 Å². The molecule has 1 aromatic rings. The lowest BCUT2D eigenvalue weighted by Crippen LogP contribution is -2.39. The SMILES string of the molecule is O=C1CCC(NS(=O)(=O)CCc2ccccc2)CC1. The van der Waals surface area contributed by atoms with Gasteiger partial charge in [-0.3, -0.25) is 4.79 Å². The van der Waals surface area contributed by atoms with Gasteiger partial charge in [-0.15, -0.1) is 0 Å². The maximum Gasteiger partial charge on any atom is 0.212 e. The zero-order valence-corrected chi connectivity index (χ0v) is 11.7. The molecule has 1 aromatic carbocycles. The number of ketones is 1. The number of carbonyl (C=O) groups is 1. The first-order chi connectivity index (χ1) is 9.05. The second-order valence-electron chi connectivity index (χ2n) is 4.99. The van der Waals surface area contributed by atoms with E-state index in [1.165, 1.54) is 0 Å². The minimum Gasteiger partial charge on any atom is -0.300 e. The molecule has 0 atom stereocenters. The standard InChI is InChI=1S/C14H19NO3S/c16-14-8-6-13(7-9-14)15-19(17,18)11-10-12-4-2-1-3-5-12/h1-5,13,15H,6-11H2. The van der Waals surface area contributed by atoms with Crippen LogP contribution in [0.25, 0.3) is 0 Å². The molecule has 1 fully saturated rings. The van der Waals surface area contributed by atoms with Gasteiger partial charge in [0.15, 0.2) is 0 Å². The average molecular weight is 281 g/mol. The number of sulfonamides is 1. The van der Waals surface area contributed by atoms with Gasteiger partial charge in [0.1, 0.15) is 5.78 Å². The molecule has 0 saturated heterocycles. The Morgan fingerprint density at radius 1 is 1.11 bits per heavy atom. The van der Waals surface area contributed by atoms with Crippen LogP contribution in [0.2, 0.25) is 0 Å². The van der Waals surface area contributed by atoms with Crippen LogP contribution in [0.15, 0.2) is 30.3 Å². The van der Waals surface area contributed by atoms with Crippen LogP contribution in [-0.2, 0) is 21.2 Å². The van der Waals surface area contributed by atoms with Crippen molar-refractivity contribution >= 4 is 15.8 Å². The van der Waals surface area contributed by atoms with Gasteiger partial charge in [0.25, 0.3) is 0 Å². The second-order valence-corrected chi connectivity index (χ2v) is 6.86. The first-order valence-corrected chi connectivity index (χ1v) is 8.26. The fourth-order valence-corrected chi connectivity index (χ4v) is 3.63. The highest BCUT2D eigenvalue weighted by atomic mass is 32.2. The van der Waals surface area contributed by atoms with E-state index >= 15 is 0 Å². The van der Waals surface area contributed by atoms with E-state index in [4.69, 9.17) is 0 Å². The number of Topliss-reactive ketones (excluding diaryl/α,β-unsaturated/α-hetero) is 1. The Bertz CT molecular complexity index is 515. The van der Waals surface area contributed by atoms with E-state index < -0.39 is 10.0 Å². The van der Waals surface area contributed by atoms with Crippen LogP contribution in [-0.4, -0.2) is 26.0 Å². The summed E-state index contributed by atoms with van der Waals surface area (Å²) >= 11 is 0. The maximum atomic E-state index is 12.0. The van der Waals surface area contributed by atoms with E-state index in [0.717, 1.165) is 5.56 Å². The molecule has 1 aliphatic rings. The fraction of sp³-hybridized carbons (Fsp3) is 0.500. The van der Waals surface area contributed by atoms with E-state index in [2.05, 4.69) is 4.72 Å². The van der Waals surface area contributed by atoms with Gasteiger partial charge in [0.05, 0.1) is 5.75 Å². The molecule has 19 heavy (non-hydrogen) atoms. The van der Waals surface area contributed by atoms with Crippen molar-refractivity contribution in [1.82, 2.24) is 4.72 Å². The van der Waals surface area contributed by atoms with Crippen molar-refractivity contribution in [2.45, 2.75) is 38.1 Å². The van der Waals surface area contributed by atoms with E-state index in [1.807, 2.05) is 30.3 Å². The van der Waals surface area contributed by atoms with Crippen molar-refractivity contribution in [3.8, 4) is 0 Å². The molecule has 5 heteroatoms. The Labute approximate surface area is 114 Å². The third kappa shape index (κ3) is 4.76. The number of nitrogens with one attached hydrogen (secondary N) is 1. The zero-order valence-electron chi connectivity index (χ0n) is 10.8. The van der Waals surface area contributed by atoms with E-state index in [1.54, 1.807) is 0 Å². The summed E-state index contributed by atoms with van der Waals surface area (Å²) in [5, 5.41) is 0. The monoisotopic (exact) mass is 281 g/mol. The predicted molar refractivity (Wildman–Crippen MR) is 74.3 cm³/mol. The molecule has 1 saturated carbocycles. The van der Waals surface area contributed by atoms with Crippen molar-refractivity contribution in [2.24, 2.45) is 0 Å². The van der Waals surface area contributed by atoms with Gasteiger partial charge in [0.2, 0.25) is 10.0 Å². The molecule has 1 aliphatic carbocycles. The summed E-state index contributed by atoms with van der Waals surface area (Å²) in [7, 11) is -3.26. The minimum atomic E-state index is -3.26. The van der Waals surface area contributed by atoms with Gasteiger partial charge in [0, 0.05) is 18.9 Å². The third-order valence-corrected chi connectivity index (χ3v) is 4.83. The van der Waals surface area contributed by atoms with Crippen molar-refractivity contribution in [2.75, 3.05) is 5.75 Å². The summed E-state index contributed by atoms with van der Waals surface area (Å²) < 4.78 is 26.6. The van der Waals surface area contributed by atoms with Crippen molar-refractivity contribution in [3.05, 3.63) is 35.9 Å². The second kappa shape index (κ2) is 6.30. The number of hydrogen-bond acceptors (Lipinski definition) is 3. The number of rotatable bonds is 5. The molecule has 0 aromatic heterocycles. The van der Waals surface area contributed by atoms with Gasteiger partial charge >= 0.3 is 0 Å². The van der Waals surface area contributed by atoms with Crippen LogP contribution in [0, 0.1) is 0 Å². The average Bonchev–Trinajstić information content (AvgIpc) is 2.40. The molecular formula is C14H19NO3S. The lowest BCUT2D eigenvalue weighted by atomic mass is 9.95. The Kier molecular flexibility index (Phi) is 4.71. The molecule has 0 aliphatic heterocycles. The number of aryl methyl sites for hydroxylation is 1. The number of carbonyl (C=O) groups excluding carboxylic acids is 1. The third-order valence-electron chi connectivity index (χ3n) is 3.39. The highest BCUT2D eigenvalue weighted by Gasteiger charge is 2.23. The molecule has 0 heterocycles. The van der Waals surface area contributed by atoms with Crippen molar-refractivity contribution in [3.63, 3.8) is 0 Å². The summed E-state index contributed by atoms with van der Waals surface area (Å²) in [6.45, 7) is 0. The first-order valence-electron chi connectivity index (χ1n) is 6.61. The predicted octanol–water partition coefficient (Wildman–Crippen LogP) is 1.66.